The van der Waals surface area contributed by atoms with Gasteiger partial charge in [-0.05, 0) is 38.0 Å². The van der Waals surface area contributed by atoms with E-state index in [1.165, 1.54) is 13.2 Å². The Bertz CT molecular complexity index is 734. The van der Waals surface area contributed by atoms with Crippen LogP contribution in [0.2, 0.25) is 0 Å². The number of para-hydroxylation sites is 1. The van der Waals surface area contributed by atoms with E-state index < -0.39 is 11.5 Å². The second-order valence-electron chi connectivity index (χ2n) is 6.05. The zero-order valence-corrected chi connectivity index (χ0v) is 13.2. The van der Waals surface area contributed by atoms with Gasteiger partial charge in [0.2, 0.25) is 0 Å². The molecular formula is C18H19NO4. The summed E-state index contributed by atoms with van der Waals surface area (Å²) in [5.74, 6) is -0.797. The molecule has 5 nitrogen and oxygen atoms in total. The summed E-state index contributed by atoms with van der Waals surface area (Å²) in [6.45, 7) is 2.77. The molecule has 0 spiro atoms. The number of fused-ring (bicyclic) bond motifs is 1. The summed E-state index contributed by atoms with van der Waals surface area (Å²) in [4.78, 5) is 26.9. The number of carbonyl (C=O) groups is 2. The number of nitrogens with zero attached hydrogens (tertiary/aromatic N) is 1. The van der Waals surface area contributed by atoms with E-state index in [0.29, 0.717) is 11.1 Å². The van der Waals surface area contributed by atoms with Crippen molar-refractivity contribution in [2.45, 2.75) is 25.3 Å². The van der Waals surface area contributed by atoms with Crippen LogP contribution in [0.25, 0.3) is 0 Å². The number of phenols is 1. The number of esters is 1. The fourth-order valence-electron chi connectivity index (χ4n) is 3.33. The normalized spacial score (nSPS) is 23.0. The van der Waals surface area contributed by atoms with Crippen LogP contribution in [-0.2, 0) is 9.53 Å². The Labute approximate surface area is 134 Å². The van der Waals surface area contributed by atoms with Crippen molar-refractivity contribution in [2.75, 3.05) is 13.7 Å². The molecule has 1 unspecified atom stereocenters. The van der Waals surface area contributed by atoms with Gasteiger partial charge in [-0.3, -0.25) is 4.79 Å². The molecule has 1 N–H and O–H groups in total. The lowest BCUT2D eigenvalue weighted by Crippen LogP contribution is -2.44. The standard InChI is InChI=1S/C18H19NO4/c1-18-8-5-9-19(18)11-12(10-14(18)17(22)23-2)16(21)13-6-3-4-7-15(13)20/h3-4,6-7,10-11,20H,5,8-9H2,1-2H3. The minimum absolute atomic E-state index is 0.0684. The maximum absolute atomic E-state index is 12.7. The first-order valence-corrected chi connectivity index (χ1v) is 7.59. The Morgan fingerprint density at radius 3 is 2.74 bits per heavy atom. The fraction of sp³-hybridized carbons (Fsp3) is 0.333. The number of hydrogen-bond donors (Lipinski definition) is 1. The highest BCUT2D eigenvalue weighted by molar-refractivity contribution is 6.13. The van der Waals surface area contributed by atoms with Gasteiger partial charge in [0.15, 0.2) is 5.78 Å². The SMILES string of the molecule is COC(=O)C1=CC(C(=O)c2ccccc2O)=CN2CCCC12C. The number of aromatic hydroxyl groups is 1. The first kappa shape index (κ1) is 15.3. The second-order valence-corrected chi connectivity index (χ2v) is 6.05. The molecule has 0 aliphatic carbocycles. The van der Waals surface area contributed by atoms with Gasteiger partial charge in [-0.1, -0.05) is 12.1 Å². The van der Waals surface area contributed by atoms with Gasteiger partial charge >= 0.3 is 5.97 Å². The van der Waals surface area contributed by atoms with Crippen LogP contribution in [0.5, 0.6) is 5.75 Å². The molecule has 0 radical (unpaired) electrons. The van der Waals surface area contributed by atoms with Crippen LogP contribution in [-0.4, -0.2) is 41.0 Å². The van der Waals surface area contributed by atoms with E-state index in [1.54, 1.807) is 30.5 Å². The van der Waals surface area contributed by atoms with Crippen molar-refractivity contribution in [2.24, 2.45) is 0 Å². The summed E-state index contributed by atoms with van der Waals surface area (Å²) in [6, 6.07) is 6.40. The summed E-state index contributed by atoms with van der Waals surface area (Å²) in [7, 11) is 1.34. The Hall–Kier alpha value is -2.56. The first-order valence-electron chi connectivity index (χ1n) is 7.59. The summed E-state index contributed by atoms with van der Waals surface area (Å²) in [5.41, 5.74) is 0.655. The van der Waals surface area contributed by atoms with E-state index in [4.69, 9.17) is 4.74 Å². The van der Waals surface area contributed by atoms with Crippen molar-refractivity contribution in [3.63, 3.8) is 0 Å². The molecule has 1 saturated heterocycles. The number of ketones is 1. The van der Waals surface area contributed by atoms with E-state index in [9.17, 15) is 14.7 Å². The molecule has 0 bridgehead atoms. The van der Waals surface area contributed by atoms with Crippen molar-refractivity contribution in [1.82, 2.24) is 4.90 Å². The maximum Gasteiger partial charge on any atom is 0.336 e. The molecule has 1 fully saturated rings. The number of phenolic OH excluding ortho intramolecular Hbond substituents is 1. The highest BCUT2D eigenvalue weighted by atomic mass is 16.5. The van der Waals surface area contributed by atoms with Crippen LogP contribution in [0.1, 0.15) is 30.1 Å². The molecule has 1 aromatic rings. The maximum atomic E-state index is 12.7. The third kappa shape index (κ3) is 2.42. The van der Waals surface area contributed by atoms with Crippen molar-refractivity contribution < 1.29 is 19.4 Å². The van der Waals surface area contributed by atoms with Gasteiger partial charge in [-0.15, -0.1) is 0 Å². The van der Waals surface area contributed by atoms with Gasteiger partial charge in [-0.25, -0.2) is 4.79 Å². The van der Waals surface area contributed by atoms with E-state index in [2.05, 4.69) is 0 Å². The van der Waals surface area contributed by atoms with Crippen LogP contribution < -0.4 is 0 Å². The predicted octanol–water partition coefficient (Wildman–Crippen LogP) is 2.43. The lowest BCUT2D eigenvalue weighted by atomic mass is 9.84. The zero-order valence-electron chi connectivity index (χ0n) is 13.2. The molecule has 1 atom stereocenters. The molecule has 3 rings (SSSR count). The average molecular weight is 313 g/mol. The van der Waals surface area contributed by atoms with Gasteiger partial charge in [0, 0.05) is 18.3 Å². The molecule has 1 aromatic carbocycles. The topological polar surface area (TPSA) is 66.8 Å². The number of hydrogen-bond acceptors (Lipinski definition) is 5. The number of ether oxygens (including phenoxy) is 1. The van der Waals surface area contributed by atoms with Crippen LogP contribution in [0, 0.1) is 0 Å². The van der Waals surface area contributed by atoms with Crippen LogP contribution in [0.4, 0.5) is 0 Å². The van der Waals surface area contributed by atoms with Crippen LogP contribution >= 0.6 is 0 Å². The molecule has 23 heavy (non-hydrogen) atoms. The van der Waals surface area contributed by atoms with Gasteiger partial charge in [0.05, 0.1) is 23.8 Å². The molecular weight excluding hydrogens is 294 g/mol. The van der Waals surface area contributed by atoms with Crippen molar-refractivity contribution in [3.05, 3.63) is 53.3 Å². The summed E-state index contributed by atoms with van der Waals surface area (Å²) < 4.78 is 4.90. The van der Waals surface area contributed by atoms with Crippen molar-refractivity contribution in [3.8, 4) is 5.75 Å². The fourth-order valence-corrected chi connectivity index (χ4v) is 3.33. The second kappa shape index (κ2) is 5.57. The molecule has 2 heterocycles. The number of rotatable bonds is 3. The van der Waals surface area contributed by atoms with E-state index >= 15 is 0 Å². The monoisotopic (exact) mass is 313 g/mol. The summed E-state index contributed by atoms with van der Waals surface area (Å²) >= 11 is 0. The predicted molar refractivity (Wildman–Crippen MR) is 85.0 cm³/mol. The Morgan fingerprint density at radius 2 is 2.04 bits per heavy atom. The third-order valence-electron chi connectivity index (χ3n) is 4.69. The smallest absolute Gasteiger partial charge is 0.336 e. The first-order chi connectivity index (χ1) is 11.0. The van der Waals surface area contributed by atoms with E-state index in [-0.39, 0.29) is 17.1 Å². The number of allylic oxidation sites excluding steroid dienone is 2. The van der Waals surface area contributed by atoms with Crippen molar-refractivity contribution >= 4 is 11.8 Å². The Kier molecular flexibility index (Phi) is 3.72. The number of methoxy groups -OCH3 is 1. The number of carbonyl (C=O) groups excluding carboxylic acids is 2. The Morgan fingerprint density at radius 1 is 1.30 bits per heavy atom. The van der Waals surface area contributed by atoms with E-state index in [1.807, 2.05) is 11.8 Å². The molecule has 2 aliphatic heterocycles. The summed E-state index contributed by atoms with van der Waals surface area (Å²) in [6.07, 6.45) is 5.17. The largest absolute Gasteiger partial charge is 0.507 e. The highest BCUT2D eigenvalue weighted by Gasteiger charge is 2.44. The number of benzene rings is 1. The molecule has 5 heteroatoms. The van der Waals surface area contributed by atoms with Crippen molar-refractivity contribution in [1.29, 1.82) is 0 Å². The van der Waals surface area contributed by atoms with Gasteiger partial charge < -0.3 is 14.7 Å². The molecule has 0 saturated carbocycles. The molecule has 120 valence electrons. The lowest BCUT2D eigenvalue weighted by molar-refractivity contribution is -0.137. The molecule has 0 aromatic heterocycles. The van der Waals surface area contributed by atoms with Gasteiger partial charge in [-0.2, -0.15) is 0 Å². The van der Waals surface area contributed by atoms with Gasteiger partial charge in [0.25, 0.3) is 0 Å². The van der Waals surface area contributed by atoms with Crippen LogP contribution in [0.15, 0.2) is 47.7 Å². The minimum atomic E-state index is -0.435. The van der Waals surface area contributed by atoms with Gasteiger partial charge in [0.1, 0.15) is 5.75 Å². The summed E-state index contributed by atoms with van der Waals surface area (Å²) in [5, 5.41) is 9.90. The molecule has 0 amide bonds. The van der Waals surface area contributed by atoms with Crippen LogP contribution in [0.3, 0.4) is 0 Å². The third-order valence-corrected chi connectivity index (χ3v) is 4.69. The van der Waals surface area contributed by atoms with E-state index in [0.717, 1.165) is 19.4 Å². The molecule has 2 aliphatic rings. The average Bonchev–Trinajstić information content (AvgIpc) is 2.94. The number of Topliss-reactive ketones (excluding diaryl/α,β-unsaturated/α-hetero) is 1. The highest BCUT2D eigenvalue weighted by Crippen LogP contribution is 2.40. The zero-order chi connectivity index (χ0) is 16.6. The quantitative estimate of drug-likeness (QED) is 0.686. The Balaban J connectivity index is 2.05. The minimum Gasteiger partial charge on any atom is -0.507 e. The lowest BCUT2D eigenvalue weighted by Gasteiger charge is -2.38.